The molecule has 0 aromatic carbocycles. The Morgan fingerprint density at radius 2 is 2.20 bits per heavy atom. The van der Waals surface area contributed by atoms with E-state index in [4.69, 9.17) is 5.11 Å². The molecule has 2 aromatic heterocycles. The molecule has 20 heavy (non-hydrogen) atoms. The highest BCUT2D eigenvalue weighted by molar-refractivity contribution is 5.66. The van der Waals surface area contributed by atoms with E-state index in [1.807, 2.05) is 31.0 Å². The van der Waals surface area contributed by atoms with E-state index in [2.05, 4.69) is 4.98 Å². The van der Waals surface area contributed by atoms with Crippen LogP contribution in [0.2, 0.25) is 0 Å². The summed E-state index contributed by atoms with van der Waals surface area (Å²) in [5.74, 6) is -0.834. The summed E-state index contributed by atoms with van der Waals surface area (Å²) in [6, 6.07) is 5.19. The molecule has 0 atom stereocenters. The van der Waals surface area contributed by atoms with E-state index in [-0.39, 0.29) is 12.0 Å². The average molecular weight is 275 g/mol. The summed E-state index contributed by atoms with van der Waals surface area (Å²) in [7, 11) is 1.81. The van der Waals surface area contributed by atoms with Crippen LogP contribution in [-0.2, 0) is 11.3 Å². The molecule has 0 aliphatic carbocycles. The zero-order valence-electron chi connectivity index (χ0n) is 11.5. The molecule has 0 saturated heterocycles. The van der Waals surface area contributed by atoms with E-state index in [9.17, 15) is 9.59 Å². The van der Waals surface area contributed by atoms with Gasteiger partial charge in [0.25, 0.3) is 5.56 Å². The summed E-state index contributed by atoms with van der Waals surface area (Å²) in [5, 5.41) is 8.65. The minimum atomic E-state index is -0.834. The van der Waals surface area contributed by atoms with Gasteiger partial charge in [-0.05, 0) is 31.7 Å². The lowest BCUT2D eigenvalue weighted by atomic mass is 10.3. The lowest BCUT2D eigenvalue weighted by Gasteiger charge is -2.15. The monoisotopic (exact) mass is 275 g/mol. The Balaban J connectivity index is 2.22. The van der Waals surface area contributed by atoms with Gasteiger partial charge < -0.3 is 5.11 Å². The summed E-state index contributed by atoms with van der Waals surface area (Å²) in [4.78, 5) is 28.8. The maximum absolute atomic E-state index is 12.0. The number of rotatable bonds is 5. The SMILES string of the molecule is Cc1ccn2c(=O)cc(CN(C)CCC(=O)O)nc2c1. The largest absolute Gasteiger partial charge is 0.481 e. The minimum Gasteiger partial charge on any atom is -0.481 e. The van der Waals surface area contributed by atoms with Crippen molar-refractivity contribution in [3.05, 3.63) is 46.0 Å². The third-order valence-corrected chi connectivity index (χ3v) is 3.02. The highest BCUT2D eigenvalue weighted by atomic mass is 16.4. The van der Waals surface area contributed by atoms with Crippen LogP contribution >= 0.6 is 0 Å². The number of carboxylic acids is 1. The molecule has 0 fully saturated rings. The fourth-order valence-electron chi connectivity index (χ4n) is 1.98. The summed E-state index contributed by atoms with van der Waals surface area (Å²) >= 11 is 0. The van der Waals surface area contributed by atoms with Crippen molar-refractivity contribution in [3.63, 3.8) is 0 Å². The van der Waals surface area contributed by atoms with Crippen molar-refractivity contribution in [1.82, 2.24) is 14.3 Å². The van der Waals surface area contributed by atoms with E-state index in [1.54, 1.807) is 6.20 Å². The molecule has 106 valence electrons. The van der Waals surface area contributed by atoms with Gasteiger partial charge in [-0.3, -0.25) is 18.9 Å². The standard InChI is InChI=1S/C14H17N3O3/c1-10-3-6-17-12(7-10)15-11(8-13(17)18)9-16(2)5-4-14(19)20/h3,6-8H,4-5,9H2,1-2H3,(H,19,20). The van der Waals surface area contributed by atoms with Gasteiger partial charge in [0.2, 0.25) is 0 Å². The van der Waals surface area contributed by atoms with Crippen LogP contribution in [0.1, 0.15) is 17.7 Å². The topological polar surface area (TPSA) is 74.9 Å². The van der Waals surface area contributed by atoms with Crippen molar-refractivity contribution in [2.45, 2.75) is 19.9 Å². The van der Waals surface area contributed by atoms with Crippen LogP contribution in [0.3, 0.4) is 0 Å². The number of hydrogen-bond acceptors (Lipinski definition) is 4. The molecule has 0 bridgehead atoms. The van der Waals surface area contributed by atoms with Gasteiger partial charge in [-0.1, -0.05) is 0 Å². The second kappa shape index (κ2) is 5.83. The molecule has 0 saturated carbocycles. The summed E-state index contributed by atoms with van der Waals surface area (Å²) < 4.78 is 1.49. The van der Waals surface area contributed by atoms with Gasteiger partial charge in [-0.25, -0.2) is 4.98 Å². The van der Waals surface area contributed by atoms with Gasteiger partial charge in [0.1, 0.15) is 5.65 Å². The number of hydrogen-bond donors (Lipinski definition) is 1. The quantitative estimate of drug-likeness (QED) is 0.878. The van der Waals surface area contributed by atoms with E-state index in [1.165, 1.54) is 10.5 Å². The molecule has 1 N–H and O–H groups in total. The Bertz CT molecular complexity index is 694. The highest BCUT2D eigenvalue weighted by Crippen LogP contribution is 2.05. The van der Waals surface area contributed by atoms with E-state index >= 15 is 0 Å². The Kier molecular flexibility index (Phi) is 4.14. The molecule has 6 nitrogen and oxygen atoms in total. The second-order valence-electron chi connectivity index (χ2n) is 4.90. The molecular weight excluding hydrogens is 258 g/mol. The van der Waals surface area contributed by atoms with Crippen molar-refractivity contribution in [2.75, 3.05) is 13.6 Å². The summed E-state index contributed by atoms with van der Waals surface area (Å²) in [6.07, 6.45) is 1.78. The summed E-state index contributed by atoms with van der Waals surface area (Å²) in [5.41, 5.74) is 2.16. The van der Waals surface area contributed by atoms with Crippen LogP contribution < -0.4 is 5.56 Å². The van der Waals surface area contributed by atoms with Gasteiger partial charge in [0.05, 0.1) is 12.1 Å². The Hall–Kier alpha value is -2.21. The third kappa shape index (κ3) is 3.42. The van der Waals surface area contributed by atoms with Crippen molar-refractivity contribution < 1.29 is 9.90 Å². The Morgan fingerprint density at radius 3 is 2.90 bits per heavy atom. The molecule has 0 aliphatic heterocycles. The van der Waals surface area contributed by atoms with E-state index < -0.39 is 5.97 Å². The third-order valence-electron chi connectivity index (χ3n) is 3.02. The minimum absolute atomic E-state index is 0.0716. The van der Waals surface area contributed by atoms with Crippen molar-refractivity contribution in [1.29, 1.82) is 0 Å². The van der Waals surface area contributed by atoms with Crippen LogP contribution in [-0.4, -0.2) is 39.0 Å². The first-order valence-electron chi connectivity index (χ1n) is 6.35. The molecular formula is C14H17N3O3. The Morgan fingerprint density at radius 1 is 1.45 bits per heavy atom. The van der Waals surface area contributed by atoms with Gasteiger partial charge in [0.15, 0.2) is 0 Å². The smallest absolute Gasteiger partial charge is 0.304 e. The normalized spacial score (nSPS) is 11.2. The molecule has 0 radical (unpaired) electrons. The average Bonchev–Trinajstić information content (AvgIpc) is 2.35. The molecule has 0 unspecified atom stereocenters. The van der Waals surface area contributed by atoms with Gasteiger partial charge >= 0.3 is 5.97 Å². The lowest BCUT2D eigenvalue weighted by Crippen LogP contribution is -2.24. The molecule has 0 amide bonds. The maximum atomic E-state index is 12.0. The van der Waals surface area contributed by atoms with Crippen LogP contribution in [0, 0.1) is 6.92 Å². The number of carbonyl (C=O) groups is 1. The molecule has 0 spiro atoms. The lowest BCUT2D eigenvalue weighted by molar-refractivity contribution is -0.137. The number of fused-ring (bicyclic) bond motifs is 1. The van der Waals surface area contributed by atoms with E-state index in [0.29, 0.717) is 24.4 Å². The number of pyridine rings is 1. The first-order valence-corrected chi connectivity index (χ1v) is 6.35. The van der Waals surface area contributed by atoms with Gasteiger partial charge in [-0.15, -0.1) is 0 Å². The summed E-state index contributed by atoms with van der Waals surface area (Å²) in [6.45, 7) is 2.81. The zero-order valence-corrected chi connectivity index (χ0v) is 11.5. The van der Waals surface area contributed by atoms with Crippen LogP contribution in [0.25, 0.3) is 5.65 Å². The molecule has 0 aliphatic rings. The highest BCUT2D eigenvalue weighted by Gasteiger charge is 2.07. The predicted octanol–water partition coefficient (Wildman–Crippen LogP) is 0.909. The number of aliphatic carboxylic acids is 1. The number of aryl methyl sites for hydroxylation is 1. The van der Waals surface area contributed by atoms with Crippen molar-refractivity contribution >= 4 is 11.6 Å². The molecule has 2 rings (SSSR count). The first kappa shape index (κ1) is 14.2. The van der Waals surface area contributed by atoms with Crippen molar-refractivity contribution in [3.8, 4) is 0 Å². The van der Waals surface area contributed by atoms with Crippen LogP contribution in [0.15, 0.2) is 29.2 Å². The molecule has 2 heterocycles. The number of carboxylic acid groups (broad SMARTS) is 1. The van der Waals surface area contributed by atoms with Gasteiger partial charge in [-0.2, -0.15) is 0 Å². The zero-order chi connectivity index (χ0) is 14.7. The predicted molar refractivity (Wildman–Crippen MR) is 74.8 cm³/mol. The first-order chi connectivity index (χ1) is 9.45. The molecule has 2 aromatic rings. The number of aromatic nitrogens is 2. The fraction of sp³-hybridized carbons (Fsp3) is 0.357. The molecule has 6 heteroatoms. The second-order valence-corrected chi connectivity index (χ2v) is 4.90. The van der Waals surface area contributed by atoms with Crippen molar-refractivity contribution in [2.24, 2.45) is 0 Å². The maximum Gasteiger partial charge on any atom is 0.304 e. The van der Waals surface area contributed by atoms with Crippen LogP contribution in [0.4, 0.5) is 0 Å². The Labute approximate surface area is 116 Å². The van der Waals surface area contributed by atoms with Crippen LogP contribution in [0.5, 0.6) is 0 Å². The van der Waals surface area contributed by atoms with E-state index in [0.717, 1.165) is 5.56 Å². The fourth-order valence-corrected chi connectivity index (χ4v) is 1.98. The van der Waals surface area contributed by atoms with Gasteiger partial charge in [0, 0.05) is 25.4 Å². The number of nitrogens with zero attached hydrogens (tertiary/aromatic N) is 3.